The first-order chi connectivity index (χ1) is 17.3. The van der Waals surface area contributed by atoms with E-state index in [-0.39, 0.29) is 52.3 Å². The van der Waals surface area contributed by atoms with Crippen LogP contribution in [0.5, 0.6) is 0 Å². The molecule has 2 aromatic heterocycles. The van der Waals surface area contributed by atoms with Crippen molar-refractivity contribution in [2.45, 2.75) is 42.8 Å². The standard InChI is InChI=1S/C20H16F3N9O4S/c1-10-2-3-11(4-12(10)13-5-26-15(25)14(27-13)16-28-30-31-29-16)37(34,35)32(36-17(33)20(21,22)23)19-6-18(7-19,8-19)9-24/h2-5H,6-8H2,1H3,(H2,25,26)(H,28,29,30,31). The molecular weight excluding hydrogens is 519 g/mol. The number of aryl methyl sites for hydroxylation is 1. The molecule has 6 rings (SSSR count). The van der Waals surface area contributed by atoms with E-state index < -0.39 is 38.0 Å². The van der Waals surface area contributed by atoms with Crippen LogP contribution in [0.1, 0.15) is 24.8 Å². The lowest BCUT2D eigenvalue weighted by molar-refractivity contribution is -0.282. The lowest BCUT2D eigenvalue weighted by Gasteiger charge is -2.68. The number of benzene rings is 1. The number of carbonyl (C=O) groups excluding carboxylic acids is 1. The van der Waals surface area contributed by atoms with Crippen LogP contribution in [0, 0.1) is 23.7 Å². The van der Waals surface area contributed by atoms with Gasteiger partial charge in [0.15, 0.2) is 11.5 Å². The number of tetrazole rings is 1. The van der Waals surface area contributed by atoms with Gasteiger partial charge < -0.3 is 10.6 Å². The molecule has 3 saturated carbocycles. The minimum Gasteiger partial charge on any atom is -0.382 e. The maximum atomic E-state index is 13.6. The number of rotatable bonds is 6. The first kappa shape index (κ1) is 24.5. The molecule has 37 heavy (non-hydrogen) atoms. The molecule has 0 unspecified atom stereocenters. The number of nitriles is 1. The average molecular weight is 535 g/mol. The van der Waals surface area contributed by atoms with Crippen molar-refractivity contribution in [1.29, 1.82) is 5.26 Å². The first-order valence-corrected chi connectivity index (χ1v) is 12.0. The third kappa shape index (κ3) is 3.84. The molecule has 0 saturated heterocycles. The van der Waals surface area contributed by atoms with E-state index in [4.69, 9.17) is 5.73 Å². The van der Waals surface area contributed by atoms with E-state index in [2.05, 4.69) is 35.4 Å². The van der Waals surface area contributed by atoms with E-state index in [9.17, 15) is 31.6 Å². The Kier molecular flexibility index (Phi) is 5.24. The van der Waals surface area contributed by atoms with Crippen molar-refractivity contribution in [3.8, 4) is 28.8 Å². The number of hydrogen-bond acceptors (Lipinski definition) is 11. The summed E-state index contributed by atoms with van der Waals surface area (Å²) in [6, 6.07) is 5.78. The maximum Gasteiger partial charge on any atom is 0.492 e. The summed E-state index contributed by atoms with van der Waals surface area (Å²) < 4.78 is 66.2. The molecule has 0 spiro atoms. The van der Waals surface area contributed by atoms with Crippen molar-refractivity contribution < 1.29 is 31.2 Å². The number of hydrogen-bond donors (Lipinski definition) is 2. The van der Waals surface area contributed by atoms with Crippen molar-refractivity contribution in [3.05, 3.63) is 30.0 Å². The highest BCUT2D eigenvalue weighted by molar-refractivity contribution is 7.89. The number of nitrogens with zero attached hydrogens (tertiary/aromatic N) is 7. The van der Waals surface area contributed by atoms with Gasteiger partial charge in [0.2, 0.25) is 5.82 Å². The molecule has 3 N–H and O–H groups in total. The Hall–Kier alpha value is -4.17. The molecule has 2 bridgehead atoms. The van der Waals surface area contributed by atoms with Crippen molar-refractivity contribution in [3.63, 3.8) is 0 Å². The van der Waals surface area contributed by atoms with Gasteiger partial charge in [-0.2, -0.15) is 23.6 Å². The van der Waals surface area contributed by atoms with Crippen LogP contribution in [0.4, 0.5) is 19.0 Å². The van der Waals surface area contributed by atoms with Gasteiger partial charge in [0.1, 0.15) is 0 Å². The Morgan fingerprint density at radius 3 is 2.59 bits per heavy atom. The number of aromatic amines is 1. The van der Waals surface area contributed by atoms with Crippen LogP contribution in [-0.4, -0.2) is 61.2 Å². The Morgan fingerprint density at radius 2 is 2.00 bits per heavy atom. The fraction of sp³-hybridized carbons (Fsp3) is 0.350. The number of halogens is 3. The van der Waals surface area contributed by atoms with Crippen LogP contribution in [0.2, 0.25) is 0 Å². The Labute approximate surface area is 206 Å². The van der Waals surface area contributed by atoms with Gasteiger partial charge in [-0.25, -0.2) is 23.2 Å². The summed E-state index contributed by atoms with van der Waals surface area (Å²) in [5, 5.41) is 22.5. The molecular formula is C20H16F3N9O4S. The zero-order chi connectivity index (χ0) is 26.8. The minimum atomic E-state index is -5.44. The fourth-order valence-corrected chi connectivity index (χ4v) is 6.23. The predicted molar refractivity (Wildman–Crippen MR) is 116 cm³/mol. The fourth-order valence-electron chi connectivity index (χ4n) is 4.66. The van der Waals surface area contributed by atoms with Gasteiger partial charge in [-0.1, -0.05) is 6.07 Å². The van der Waals surface area contributed by atoms with Gasteiger partial charge in [-0.05, 0) is 53.6 Å². The lowest BCUT2D eigenvalue weighted by Crippen LogP contribution is -2.75. The van der Waals surface area contributed by atoms with E-state index >= 15 is 0 Å². The van der Waals surface area contributed by atoms with Crippen LogP contribution in [0.3, 0.4) is 0 Å². The molecule has 0 atom stereocenters. The molecule has 3 fully saturated rings. The van der Waals surface area contributed by atoms with Crippen LogP contribution < -0.4 is 5.73 Å². The third-order valence-corrected chi connectivity index (χ3v) is 8.13. The highest BCUT2D eigenvalue weighted by Gasteiger charge is 2.75. The number of nitrogens with two attached hydrogens (primary N) is 1. The van der Waals surface area contributed by atoms with Crippen LogP contribution >= 0.6 is 0 Å². The lowest BCUT2D eigenvalue weighted by atomic mass is 9.40. The van der Waals surface area contributed by atoms with Gasteiger partial charge in [0, 0.05) is 5.56 Å². The van der Waals surface area contributed by atoms with E-state index in [1.165, 1.54) is 24.4 Å². The zero-order valence-corrected chi connectivity index (χ0v) is 19.6. The second kappa shape index (κ2) is 7.91. The number of sulfonamides is 1. The minimum absolute atomic E-state index is 0.0214. The summed E-state index contributed by atoms with van der Waals surface area (Å²) in [6.07, 6.45) is -4.34. The molecule has 3 aliphatic rings. The van der Waals surface area contributed by atoms with E-state index in [1.807, 2.05) is 6.07 Å². The third-order valence-electron chi connectivity index (χ3n) is 6.38. The number of hydroxylamine groups is 1. The molecule has 0 aliphatic heterocycles. The van der Waals surface area contributed by atoms with Crippen molar-refractivity contribution >= 4 is 21.8 Å². The Bertz CT molecular complexity index is 1550. The smallest absolute Gasteiger partial charge is 0.382 e. The van der Waals surface area contributed by atoms with Crippen LogP contribution in [-0.2, 0) is 19.7 Å². The summed E-state index contributed by atoms with van der Waals surface area (Å²) >= 11 is 0. The van der Waals surface area contributed by atoms with Crippen molar-refractivity contribution in [1.82, 2.24) is 35.1 Å². The number of H-pyrrole nitrogens is 1. The van der Waals surface area contributed by atoms with Gasteiger partial charge in [-0.3, -0.25) is 0 Å². The SMILES string of the molecule is Cc1ccc(S(=O)(=O)N(OC(=O)C(F)(F)F)C23CC(C#N)(C2)C3)cc1-c1cnc(N)c(-c2nn[nH]n2)n1. The Morgan fingerprint density at radius 1 is 1.30 bits per heavy atom. The molecule has 0 amide bonds. The molecule has 192 valence electrons. The summed E-state index contributed by atoms with van der Waals surface area (Å²) in [5.74, 6) is -2.67. The van der Waals surface area contributed by atoms with Crippen LogP contribution in [0.15, 0.2) is 29.3 Å². The predicted octanol–water partition coefficient (Wildman–Crippen LogP) is 1.67. The van der Waals surface area contributed by atoms with Crippen LogP contribution in [0.25, 0.3) is 22.8 Å². The summed E-state index contributed by atoms with van der Waals surface area (Å²) in [6.45, 7) is 1.65. The van der Waals surface area contributed by atoms with E-state index in [0.29, 0.717) is 5.56 Å². The summed E-state index contributed by atoms with van der Waals surface area (Å²) in [7, 11) is -4.81. The van der Waals surface area contributed by atoms with E-state index in [0.717, 1.165) is 0 Å². The molecule has 3 aliphatic carbocycles. The second-order valence-electron chi connectivity index (χ2n) is 8.96. The average Bonchev–Trinajstić information content (AvgIpc) is 3.31. The highest BCUT2D eigenvalue weighted by Crippen LogP contribution is 2.70. The van der Waals surface area contributed by atoms with Crippen molar-refractivity contribution in [2.24, 2.45) is 5.41 Å². The molecule has 2 heterocycles. The van der Waals surface area contributed by atoms with Crippen molar-refractivity contribution in [2.75, 3.05) is 5.73 Å². The summed E-state index contributed by atoms with van der Waals surface area (Å²) in [5.41, 5.74) is 4.60. The van der Waals surface area contributed by atoms with E-state index in [1.54, 1.807) is 6.92 Å². The number of carbonyl (C=O) groups is 1. The Balaban J connectivity index is 1.56. The van der Waals surface area contributed by atoms with Gasteiger partial charge >= 0.3 is 12.1 Å². The monoisotopic (exact) mass is 535 g/mol. The van der Waals surface area contributed by atoms with Gasteiger partial charge in [-0.15, -0.1) is 10.2 Å². The number of nitrogens with one attached hydrogen (secondary N) is 1. The zero-order valence-electron chi connectivity index (χ0n) is 18.8. The van der Waals surface area contributed by atoms with Gasteiger partial charge in [0.25, 0.3) is 10.0 Å². The number of nitrogen functional groups attached to an aromatic ring is 1. The number of aromatic nitrogens is 6. The first-order valence-electron chi connectivity index (χ1n) is 10.5. The summed E-state index contributed by atoms with van der Waals surface area (Å²) in [4.78, 5) is 24.0. The quantitative estimate of drug-likeness (QED) is 0.436. The molecule has 0 radical (unpaired) electrons. The largest absolute Gasteiger partial charge is 0.492 e. The molecule has 17 heteroatoms. The molecule has 1 aromatic carbocycles. The highest BCUT2D eigenvalue weighted by atomic mass is 32.2. The maximum absolute atomic E-state index is 13.6. The number of anilines is 1. The second-order valence-corrected chi connectivity index (χ2v) is 10.7. The molecule has 13 nitrogen and oxygen atoms in total. The normalized spacial score (nSPS) is 22.6. The molecule has 3 aromatic rings. The topological polar surface area (TPSA) is 194 Å². The van der Waals surface area contributed by atoms with Gasteiger partial charge in [0.05, 0.1) is 33.8 Å². The number of alkyl halides is 3.